The third kappa shape index (κ3) is 3.29. The molecule has 0 aliphatic carbocycles. The highest BCUT2D eigenvalue weighted by molar-refractivity contribution is 5.79. The first kappa shape index (κ1) is 16.1. The molecule has 23 heavy (non-hydrogen) atoms. The summed E-state index contributed by atoms with van der Waals surface area (Å²) < 4.78 is 18.1. The van der Waals surface area contributed by atoms with Gasteiger partial charge in [-0.25, -0.2) is 14.4 Å². The minimum Gasteiger partial charge on any atom is -0.383 e. The van der Waals surface area contributed by atoms with Gasteiger partial charge < -0.3 is 14.5 Å². The van der Waals surface area contributed by atoms with Crippen LogP contribution >= 0.6 is 0 Å². The maximum Gasteiger partial charge on any atom is 0.225 e. The Bertz CT molecular complexity index is 554. The SMILES string of the molecule is COCCN1C(=O)CC[C@]12CCCN(c1ncc(F)cn1)CC2. The van der Waals surface area contributed by atoms with Crippen molar-refractivity contribution in [1.29, 1.82) is 0 Å². The number of likely N-dealkylation sites (tertiary alicyclic amines) is 1. The monoisotopic (exact) mass is 322 g/mol. The van der Waals surface area contributed by atoms with Crippen LogP contribution in [0.25, 0.3) is 0 Å². The number of carbonyl (C=O) groups is 1. The van der Waals surface area contributed by atoms with E-state index in [1.807, 2.05) is 4.90 Å². The fourth-order valence-electron chi connectivity index (χ4n) is 3.79. The molecule has 7 heteroatoms. The summed E-state index contributed by atoms with van der Waals surface area (Å²) in [5, 5.41) is 0. The first-order valence-electron chi connectivity index (χ1n) is 8.16. The molecular formula is C16H23FN4O2. The molecule has 2 saturated heterocycles. The minimum atomic E-state index is -0.424. The summed E-state index contributed by atoms with van der Waals surface area (Å²) in [6.45, 7) is 2.84. The van der Waals surface area contributed by atoms with Gasteiger partial charge in [0.15, 0.2) is 5.82 Å². The summed E-state index contributed by atoms with van der Waals surface area (Å²) in [6, 6.07) is 0. The van der Waals surface area contributed by atoms with Crippen LogP contribution in [0.1, 0.15) is 32.1 Å². The number of hydrogen-bond donors (Lipinski definition) is 0. The van der Waals surface area contributed by atoms with Gasteiger partial charge in [-0.1, -0.05) is 0 Å². The van der Waals surface area contributed by atoms with E-state index >= 15 is 0 Å². The molecule has 126 valence electrons. The third-order valence-corrected chi connectivity index (χ3v) is 5.00. The molecule has 0 N–H and O–H groups in total. The van der Waals surface area contributed by atoms with Gasteiger partial charge in [0.2, 0.25) is 11.9 Å². The van der Waals surface area contributed by atoms with Crippen LogP contribution in [0.5, 0.6) is 0 Å². The number of methoxy groups -OCH3 is 1. The molecule has 6 nitrogen and oxygen atoms in total. The summed E-state index contributed by atoms with van der Waals surface area (Å²) in [6.07, 6.45) is 6.78. The zero-order chi connectivity index (χ0) is 16.3. The smallest absolute Gasteiger partial charge is 0.225 e. The molecule has 3 heterocycles. The number of amides is 1. The van der Waals surface area contributed by atoms with Gasteiger partial charge in [0.1, 0.15) is 0 Å². The molecule has 2 aliphatic rings. The Balaban J connectivity index is 1.72. The molecule has 0 saturated carbocycles. The number of hydrogen-bond acceptors (Lipinski definition) is 5. The predicted molar refractivity (Wildman–Crippen MR) is 83.6 cm³/mol. The van der Waals surface area contributed by atoms with Crippen LogP contribution in [0, 0.1) is 5.82 Å². The maximum absolute atomic E-state index is 13.0. The van der Waals surface area contributed by atoms with E-state index in [0.29, 0.717) is 25.5 Å². The van der Waals surface area contributed by atoms with Crippen molar-refractivity contribution in [2.45, 2.75) is 37.6 Å². The molecule has 0 bridgehead atoms. The minimum absolute atomic E-state index is 0.0651. The molecule has 1 aromatic rings. The first-order chi connectivity index (χ1) is 11.1. The highest BCUT2D eigenvalue weighted by atomic mass is 19.1. The van der Waals surface area contributed by atoms with Crippen molar-refractivity contribution in [3.8, 4) is 0 Å². The lowest BCUT2D eigenvalue weighted by Gasteiger charge is -2.38. The number of anilines is 1. The molecule has 0 unspecified atom stereocenters. The van der Waals surface area contributed by atoms with Crippen LogP contribution < -0.4 is 4.90 Å². The fraction of sp³-hybridized carbons (Fsp3) is 0.688. The highest BCUT2D eigenvalue weighted by Gasteiger charge is 2.45. The molecule has 1 aromatic heterocycles. The van der Waals surface area contributed by atoms with Crippen LogP contribution in [-0.2, 0) is 9.53 Å². The number of aromatic nitrogens is 2. The predicted octanol–water partition coefficient (Wildman–Crippen LogP) is 1.61. The van der Waals surface area contributed by atoms with Crippen LogP contribution in [0.3, 0.4) is 0 Å². The second kappa shape index (κ2) is 6.78. The Morgan fingerprint density at radius 2 is 2.04 bits per heavy atom. The molecule has 1 spiro atoms. The Morgan fingerprint density at radius 1 is 1.26 bits per heavy atom. The van der Waals surface area contributed by atoms with E-state index in [-0.39, 0.29) is 11.4 Å². The van der Waals surface area contributed by atoms with Gasteiger partial charge in [0.25, 0.3) is 0 Å². The van der Waals surface area contributed by atoms with Crippen LogP contribution in [0.4, 0.5) is 10.3 Å². The van der Waals surface area contributed by atoms with Gasteiger partial charge in [0.05, 0.1) is 19.0 Å². The highest BCUT2D eigenvalue weighted by Crippen LogP contribution is 2.39. The fourth-order valence-corrected chi connectivity index (χ4v) is 3.79. The van der Waals surface area contributed by atoms with E-state index in [1.165, 1.54) is 12.4 Å². The van der Waals surface area contributed by atoms with Crippen LogP contribution in [-0.4, -0.2) is 59.7 Å². The second-order valence-electron chi connectivity index (χ2n) is 6.30. The number of ether oxygens (including phenoxy) is 1. The lowest BCUT2D eigenvalue weighted by Crippen LogP contribution is -2.47. The third-order valence-electron chi connectivity index (χ3n) is 5.00. The quantitative estimate of drug-likeness (QED) is 0.843. The van der Waals surface area contributed by atoms with Gasteiger partial charge >= 0.3 is 0 Å². The number of halogens is 1. The van der Waals surface area contributed by atoms with Crippen LogP contribution in [0.15, 0.2) is 12.4 Å². The van der Waals surface area contributed by atoms with Crippen molar-refractivity contribution in [3.63, 3.8) is 0 Å². The van der Waals surface area contributed by atoms with E-state index in [9.17, 15) is 9.18 Å². The van der Waals surface area contributed by atoms with Crippen molar-refractivity contribution in [3.05, 3.63) is 18.2 Å². The van der Waals surface area contributed by atoms with Crippen molar-refractivity contribution in [2.24, 2.45) is 0 Å². The standard InChI is InChI=1S/C16H23FN4O2/c1-23-10-9-21-14(22)3-5-16(21)4-2-7-20(8-6-16)15-18-11-13(17)12-19-15/h11-12H,2-10H2,1H3/t16-/m0/s1. The van der Waals surface area contributed by atoms with Gasteiger partial charge in [-0.3, -0.25) is 4.79 Å². The Morgan fingerprint density at radius 3 is 2.78 bits per heavy atom. The summed E-state index contributed by atoms with van der Waals surface area (Å²) in [5.41, 5.74) is -0.0651. The largest absolute Gasteiger partial charge is 0.383 e. The summed E-state index contributed by atoms with van der Waals surface area (Å²) in [7, 11) is 1.66. The van der Waals surface area contributed by atoms with Gasteiger partial charge in [0, 0.05) is 38.7 Å². The molecular weight excluding hydrogens is 299 g/mol. The zero-order valence-corrected chi connectivity index (χ0v) is 13.5. The van der Waals surface area contributed by atoms with Gasteiger partial charge in [-0.05, 0) is 25.7 Å². The van der Waals surface area contributed by atoms with Crippen LogP contribution in [0.2, 0.25) is 0 Å². The molecule has 0 aromatic carbocycles. The van der Waals surface area contributed by atoms with E-state index in [0.717, 1.165) is 38.8 Å². The Kier molecular flexibility index (Phi) is 4.75. The molecule has 0 radical (unpaired) electrons. The molecule has 1 atom stereocenters. The van der Waals surface area contributed by atoms with Crippen molar-refractivity contribution in [1.82, 2.24) is 14.9 Å². The number of nitrogens with zero attached hydrogens (tertiary/aromatic N) is 4. The summed E-state index contributed by atoms with van der Waals surface area (Å²) in [5.74, 6) is 0.372. The average Bonchev–Trinajstić information content (AvgIpc) is 2.73. The molecule has 1 amide bonds. The number of carbonyl (C=O) groups excluding carboxylic acids is 1. The lowest BCUT2D eigenvalue weighted by molar-refractivity contribution is -0.132. The average molecular weight is 322 g/mol. The maximum atomic E-state index is 13.0. The lowest BCUT2D eigenvalue weighted by atomic mass is 9.88. The number of rotatable bonds is 4. The summed E-state index contributed by atoms with van der Waals surface area (Å²) in [4.78, 5) is 24.5. The molecule has 2 aliphatic heterocycles. The zero-order valence-electron chi connectivity index (χ0n) is 13.5. The molecule has 2 fully saturated rings. The summed E-state index contributed by atoms with van der Waals surface area (Å²) >= 11 is 0. The van der Waals surface area contributed by atoms with Gasteiger partial charge in [-0.2, -0.15) is 0 Å². The van der Waals surface area contributed by atoms with E-state index in [4.69, 9.17) is 4.74 Å². The molecule has 3 rings (SSSR count). The van der Waals surface area contributed by atoms with Crippen molar-refractivity contribution >= 4 is 11.9 Å². The van der Waals surface area contributed by atoms with E-state index in [2.05, 4.69) is 14.9 Å². The Hall–Kier alpha value is -1.76. The second-order valence-corrected chi connectivity index (χ2v) is 6.30. The van der Waals surface area contributed by atoms with Crippen molar-refractivity contribution in [2.75, 3.05) is 38.3 Å². The van der Waals surface area contributed by atoms with Crippen molar-refractivity contribution < 1.29 is 13.9 Å². The van der Waals surface area contributed by atoms with Gasteiger partial charge in [-0.15, -0.1) is 0 Å². The first-order valence-corrected chi connectivity index (χ1v) is 8.16. The Labute approximate surface area is 135 Å². The topological polar surface area (TPSA) is 58.6 Å². The van der Waals surface area contributed by atoms with E-state index in [1.54, 1.807) is 7.11 Å². The normalized spacial score (nSPS) is 25.2. The van der Waals surface area contributed by atoms with E-state index < -0.39 is 5.82 Å².